The average molecular weight is 578 g/mol. The van der Waals surface area contributed by atoms with E-state index in [1.807, 2.05) is 55.8 Å². The Bertz CT molecular complexity index is 1670. The van der Waals surface area contributed by atoms with E-state index in [2.05, 4.69) is 10.0 Å². The number of aromatic nitrogens is 1. The van der Waals surface area contributed by atoms with E-state index < -0.39 is 10.0 Å². The maximum Gasteiger partial charge on any atom is 0.240 e. The van der Waals surface area contributed by atoms with Gasteiger partial charge in [0.15, 0.2) is 0 Å². The van der Waals surface area contributed by atoms with E-state index in [1.165, 1.54) is 12.1 Å². The van der Waals surface area contributed by atoms with Crippen molar-refractivity contribution in [3.63, 3.8) is 0 Å². The number of hydrogen-bond acceptors (Lipinski definition) is 4. The summed E-state index contributed by atoms with van der Waals surface area (Å²) in [5.41, 5.74) is 5.51. The predicted molar refractivity (Wildman–Crippen MR) is 158 cm³/mol. The molecule has 1 fully saturated rings. The number of fused-ring (bicyclic) bond motifs is 1. The van der Waals surface area contributed by atoms with Crippen molar-refractivity contribution < 1.29 is 22.7 Å². The number of aliphatic hydroxyl groups is 1. The Hall–Kier alpha value is -3.53. The quantitative estimate of drug-likeness (QED) is 0.258. The van der Waals surface area contributed by atoms with Gasteiger partial charge in [-0.05, 0) is 86.6 Å². The molecule has 3 N–H and O–H groups in total. The molecule has 1 amide bonds. The third kappa shape index (κ3) is 6.22. The molecule has 1 aromatic heterocycles. The van der Waals surface area contributed by atoms with Crippen LogP contribution < -0.4 is 10.0 Å². The van der Waals surface area contributed by atoms with E-state index >= 15 is 0 Å². The Morgan fingerprint density at radius 1 is 1.02 bits per heavy atom. The molecule has 41 heavy (non-hydrogen) atoms. The molecule has 4 aromatic rings. The van der Waals surface area contributed by atoms with Crippen LogP contribution in [0.25, 0.3) is 22.2 Å². The maximum absolute atomic E-state index is 13.3. The van der Waals surface area contributed by atoms with Crippen molar-refractivity contribution in [1.29, 1.82) is 0 Å². The van der Waals surface area contributed by atoms with Crippen molar-refractivity contribution in [2.45, 2.75) is 63.1 Å². The Morgan fingerprint density at radius 3 is 2.39 bits per heavy atom. The second-order valence-electron chi connectivity index (χ2n) is 11.1. The van der Waals surface area contributed by atoms with Gasteiger partial charge in [-0.15, -0.1) is 0 Å². The third-order valence-electron chi connectivity index (χ3n) is 8.23. The van der Waals surface area contributed by atoms with E-state index in [0.29, 0.717) is 25.7 Å². The number of nitrogens with one attached hydrogen (secondary N) is 2. The molecule has 5 rings (SSSR count). The van der Waals surface area contributed by atoms with Crippen molar-refractivity contribution >= 4 is 26.8 Å². The van der Waals surface area contributed by atoms with E-state index in [4.69, 9.17) is 0 Å². The van der Waals surface area contributed by atoms with Crippen LogP contribution in [0.4, 0.5) is 4.39 Å². The Balaban J connectivity index is 1.24. The first-order valence-electron chi connectivity index (χ1n) is 13.9. The highest BCUT2D eigenvalue weighted by Crippen LogP contribution is 2.32. The van der Waals surface area contributed by atoms with Gasteiger partial charge >= 0.3 is 0 Å². The predicted octanol–water partition coefficient (Wildman–Crippen LogP) is 5.50. The minimum atomic E-state index is -3.76. The first kappa shape index (κ1) is 29.0. The van der Waals surface area contributed by atoms with E-state index in [1.54, 1.807) is 24.3 Å². The van der Waals surface area contributed by atoms with Gasteiger partial charge in [-0.3, -0.25) is 4.79 Å². The standard InChI is InChI=1S/C32H36FN3O4S/c1-20-16-22(19-37)4-15-29(20)31-17-25-9-14-28(18-30(25)36(31)3)41(39,40)35-27-12-7-24(8-13-27)32(38)34-21(2)23-5-10-26(33)11-6-23/h4-6,9-11,14-18,21,24,27,35,37H,7-8,12-13,19H2,1-3H3,(H,34,38)/t21-,24?,27?/m1/s1. The zero-order valence-electron chi connectivity index (χ0n) is 23.5. The Kier molecular flexibility index (Phi) is 8.31. The number of aliphatic hydroxyl groups excluding tert-OH is 1. The summed E-state index contributed by atoms with van der Waals surface area (Å²) >= 11 is 0. The average Bonchev–Trinajstić information content (AvgIpc) is 3.28. The fourth-order valence-electron chi connectivity index (χ4n) is 5.77. The smallest absolute Gasteiger partial charge is 0.240 e. The maximum atomic E-state index is 13.3. The van der Waals surface area contributed by atoms with Crippen LogP contribution >= 0.6 is 0 Å². The van der Waals surface area contributed by atoms with Crippen LogP contribution in [0.1, 0.15) is 55.3 Å². The number of nitrogens with zero attached hydrogens (tertiary/aromatic N) is 1. The fourth-order valence-corrected chi connectivity index (χ4v) is 7.10. The van der Waals surface area contributed by atoms with Crippen LogP contribution in [0.2, 0.25) is 0 Å². The monoisotopic (exact) mass is 577 g/mol. The molecule has 0 saturated heterocycles. The van der Waals surface area contributed by atoms with Crippen LogP contribution in [0.5, 0.6) is 0 Å². The summed E-state index contributed by atoms with van der Waals surface area (Å²) in [5.74, 6) is -0.567. The molecule has 7 nitrogen and oxygen atoms in total. The van der Waals surface area contributed by atoms with Gasteiger partial charge in [0, 0.05) is 41.2 Å². The summed E-state index contributed by atoms with van der Waals surface area (Å²) < 4.78 is 44.8. The van der Waals surface area contributed by atoms with Crippen LogP contribution in [0.3, 0.4) is 0 Å². The van der Waals surface area contributed by atoms with E-state index in [0.717, 1.165) is 38.9 Å². The lowest BCUT2D eigenvalue weighted by molar-refractivity contribution is -0.126. The highest BCUT2D eigenvalue weighted by Gasteiger charge is 2.30. The Labute approximate surface area is 240 Å². The number of sulfonamides is 1. The van der Waals surface area contributed by atoms with Gasteiger partial charge in [-0.2, -0.15) is 0 Å². The molecule has 1 saturated carbocycles. The Morgan fingerprint density at radius 2 is 1.73 bits per heavy atom. The van der Waals surface area contributed by atoms with Gasteiger partial charge < -0.3 is 15.0 Å². The van der Waals surface area contributed by atoms with E-state index in [-0.39, 0.29) is 41.2 Å². The van der Waals surface area contributed by atoms with Gasteiger partial charge in [0.1, 0.15) is 5.82 Å². The minimum absolute atomic E-state index is 0.0178. The second-order valence-corrected chi connectivity index (χ2v) is 12.8. The van der Waals surface area contributed by atoms with Crippen LogP contribution in [0.15, 0.2) is 71.6 Å². The first-order valence-corrected chi connectivity index (χ1v) is 15.4. The molecule has 0 aliphatic heterocycles. The lowest BCUT2D eigenvalue weighted by Gasteiger charge is -2.29. The zero-order chi connectivity index (χ0) is 29.3. The van der Waals surface area contributed by atoms with Crippen LogP contribution in [-0.4, -0.2) is 30.0 Å². The molecule has 216 valence electrons. The zero-order valence-corrected chi connectivity index (χ0v) is 24.3. The molecular weight excluding hydrogens is 541 g/mol. The van der Waals surface area contributed by atoms with Gasteiger partial charge in [0.25, 0.3) is 0 Å². The molecule has 1 aliphatic rings. The number of aryl methyl sites for hydroxylation is 2. The summed E-state index contributed by atoms with van der Waals surface area (Å²) in [6, 6.07) is 18.6. The second kappa shape index (κ2) is 11.8. The molecule has 1 atom stereocenters. The van der Waals surface area contributed by atoms with Gasteiger partial charge in [0.2, 0.25) is 15.9 Å². The van der Waals surface area contributed by atoms with Gasteiger partial charge in [-0.25, -0.2) is 17.5 Å². The van der Waals surface area contributed by atoms with Crippen molar-refractivity contribution in [2.75, 3.05) is 0 Å². The lowest BCUT2D eigenvalue weighted by atomic mass is 9.85. The van der Waals surface area contributed by atoms with Crippen molar-refractivity contribution in [2.24, 2.45) is 13.0 Å². The topological polar surface area (TPSA) is 100 Å². The molecule has 1 heterocycles. The lowest BCUT2D eigenvalue weighted by Crippen LogP contribution is -2.41. The summed E-state index contributed by atoms with van der Waals surface area (Å²) in [4.78, 5) is 13.0. The highest BCUT2D eigenvalue weighted by atomic mass is 32.2. The molecule has 0 spiro atoms. The van der Waals surface area contributed by atoms with Crippen molar-refractivity contribution in [3.8, 4) is 11.3 Å². The van der Waals surface area contributed by atoms with Gasteiger partial charge in [0.05, 0.1) is 17.5 Å². The number of halogens is 1. The third-order valence-corrected chi connectivity index (χ3v) is 9.74. The number of rotatable bonds is 8. The minimum Gasteiger partial charge on any atom is -0.392 e. The molecule has 1 aliphatic carbocycles. The summed E-state index contributed by atoms with van der Waals surface area (Å²) in [7, 11) is -1.84. The largest absolute Gasteiger partial charge is 0.392 e. The molecule has 0 bridgehead atoms. The van der Waals surface area contributed by atoms with E-state index in [9.17, 15) is 22.7 Å². The summed E-state index contributed by atoms with van der Waals surface area (Å²) in [5, 5.41) is 13.4. The van der Waals surface area contributed by atoms with Crippen molar-refractivity contribution in [1.82, 2.24) is 14.6 Å². The number of amides is 1. The number of carbonyl (C=O) groups excluding carboxylic acids is 1. The van der Waals surface area contributed by atoms with Crippen molar-refractivity contribution in [3.05, 3.63) is 89.2 Å². The number of benzene rings is 3. The fraction of sp³-hybridized carbons (Fsp3) is 0.344. The van der Waals surface area contributed by atoms with Crippen LogP contribution in [-0.2, 0) is 28.5 Å². The molecule has 9 heteroatoms. The molecule has 3 aromatic carbocycles. The van der Waals surface area contributed by atoms with Crippen LogP contribution in [0, 0.1) is 18.7 Å². The summed E-state index contributed by atoms with van der Waals surface area (Å²) in [6.07, 6.45) is 2.32. The normalized spacial score (nSPS) is 18.4. The first-order chi connectivity index (χ1) is 19.6. The SMILES string of the molecule is Cc1cc(CO)ccc1-c1cc2ccc(S(=O)(=O)NC3CCC(C(=O)N[C@H](C)c4ccc(F)cc4)CC3)cc2n1C. The summed E-state index contributed by atoms with van der Waals surface area (Å²) in [6.45, 7) is 3.85. The highest BCUT2D eigenvalue weighted by molar-refractivity contribution is 7.89. The molecule has 0 unspecified atom stereocenters. The number of carbonyl (C=O) groups is 1. The molecular formula is C32H36FN3O4S. The number of hydrogen-bond donors (Lipinski definition) is 3. The van der Waals surface area contributed by atoms with Gasteiger partial charge in [-0.1, -0.05) is 36.4 Å². The molecule has 0 radical (unpaired) electrons.